The molecule has 0 aliphatic heterocycles. The van der Waals surface area contributed by atoms with Crippen molar-refractivity contribution in [2.45, 2.75) is 20.5 Å². The van der Waals surface area contributed by atoms with Gasteiger partial charge in [0.1, 0.15) is 6.61 Å². The number of hydrazone groups is 1. The summed E-state index contributed by atoms with van der Waals surface area (Å²) in [6.07, 6.45) is 1.42. The molecule has 0 spiro atoms. The van der Waals surface area contributed by atoms with Gasteiger partial charge in [0.25, 0.3) is 0 Å². The summed E-state index contributed by atoms with van der Waals surface area (Å²) in [5.74, 6) is -0.409. The summed E-state index contributed by atoms with van der Waals surface area (Å²) in [5.41, 5.74) is 5.10. The lowest BCUT2D eigenvalue weighted by Gasteiger charge is -2.11. The predicted molar refractivity (Wildman–Crippen MR) is 103 cm³/mol. The van der Waals surface area contributed by atoms with Crippen LogP contribution < -0.4 is 20.2 Å². The van der Waals surface area contributed by atoms with E-state index in [1.165, 1.54) is 11.8 Å². The molecule has 0 aliphatic carbocycles. The van der Waals surface area contributed by atoms with Crippen molar-refractivity contribution in [2.75, 3.05) is 13.7 Å². The molecule has 2 aromatic carbocycles. The van der Waals surface area contributed by atoms with Crippen LogP contribution in [0.2, 0.25) is 0 Å². The van der Waals surface area contributed by atoms with Gasteiger partial charge < -0.3 is 14.8 Å². The van der Waals surface area contributed by atoms with E-state index in [0.29, 0.717) is 30.2 Å². The van der Waals surface area contributed by atoms with Crippen LogP contribution in [-0.2, 0) is 16.2 Å². The minimum absolute atomic E-state index is 0.372. The van der Waals surface area contributed by atoms with Crippen molar-refractivity contribution in [3.05, 3.63) is 59.2 Å². The number of hydrogen-bond donors (Lipinski definition) is 2. The van der Waals surface area contributed by atoms with E-state index >= 15 is 0 Å². The van der Waals surface area contributed by atoms with Gasteiger partial charge in [-0.2, -0.15) is 5.10 Å². The van der Waals surface area contributed by atoms with E-state index in [1.54, 1.807) is 32.2 Å². The first kappa shape index (κ1) is 20.0. The first-order chi connectivity index (χ1) is 13.0. The van der Waals surface area contributed by atoms with Crippen LogP contribution in [0.5, 0.6) is 11.5 Å². The van der Waals surface area contributed by atoms with Gasteiger partial charge in [0.2, 0.25) is 0 Å². The van der Waals surface area contributed by atoms with Gasteiger partial charge in [-0.3, -0.25) is 9.59 Å². The van der Waals surface area contributed by atoms with Gasteiger partial charge in [0.05, 0.1) is 13.3 Å². The van der Waals surface area contributed by atoms with E-state index in [0.717, 1.165) is 5.56 Å². The van der Waals surface area contributed by atoms with Gasteiger partial charge in [0.15, 0.2) is 11.5 Å². The van der Waals surface area contributed by atoms with Crippen molar-refractivity contribution in [3.8, 4) is 11.5 Å². The molecule has 2 amide bonds. The molecule has 0 unspecified atom stereocenters. The standard InChI is InChI=1S/C20H23N3O4/c1-4-21-19(24)20(25)23-22-12-16-9-10-17(18(11-16)26-3)27-13-15-7-5-14(2)6-8-15/h5-12H,4,13H2,1-3H3,(H,21,24)(H,23,25)/b22-12-. The molecule has 0 aliphatic rings. The third kappa shape index (κ3) is 6.14. The monoisotopic (exact) mass is 369 g/mol. The van der Waals surface area contributed by atoms with Crippen molar-refractivity contribution in [1.82, 2.24) is 10.7 Å². The fourth-order valence-electron chi connectivity index (χ4n) is 2.19. The number of aryl methyl sites for hydroxylation is 1. The van der Waals surface area contributed by atoms with Gasteiger partial charge in [0, 0.05) is 6.54 Å². The van der Waals surface area contributed by atoms with Crippen molar-refractivity contribution < 1.29 is 19.1 Å². The minimum atomic E-state index is -0.821. The molecule has 0 atom stereocenters. The van der Waals surface area contributed by atoms with Gasteiger partial charge in [-0.05, 0) is 43.2 Å². The summed E-state index contributed by atoms with van der Waals surface area (Å²) in [6.45, 7) is 4.56. The Morgan fingerprint density at radius 3 is 2.48 bits per heavy atom. The topological polar surface area (TPSA) is 89.0 Å². The van der Waals surface area contributed by atoms with Gasteiger partial charge in [-0.15, -0.1) is 0 Å². The Hall–Kier alpha value is -3.35. The molecule has 2 N–H and O–H groups in total. The Kier molecular flexibility index (Phi) is 7.37. The normalized spacial score (nSPS) is 10.5. The van der Waals surface area contributed by atoms with Crippen LogP contribution in [0.25, 0.3) is 0 Å². The zero-order chi connectivity index (χ0) is 19.6. The van der Waals surface area contributed by atoms with Gasteiger partial charge in [-0.1, -0.05) is 29.8 Å². The molecule has 0 bridgehead atoms. The summed E-state index contributed by atoms with van der Waals surface area (Å²) < 4.78 is 11.2. The first-order valence-electron chi connectivity index (χ1n) is 8.51. The third-order valence-corrected chi connectivity index (χ3v) is 3.63. The molecule has 2 aromatic rings. The number of carbonyl (C=O) groups excluding carboxylic acids is 2. The fourth-order valence-corrected chi connectivity index (χ4v) is 2.19. The van der Waals surface area contributed by atoms with Crippen LogP contribution >= 0.6 is 0 Å². The number of carbonyl (C=O) groups is 2. The van der Waals surface area contributed by atoms with E-state index in [4.69, 9.17) is 9.47 Å². The second-order valence-corrected chi connectivity index (χ2v) is 5.74. The Bertz CT molecular complexity index is 816. The highest BCUT2D eigenvalue weighted by Crippen LogP contribution is 2.28. The second kappa shape index (κ2) is 9.96. The Morgan fingerprint density at radius 2 is 1.81 bits per heavy atom. The van der Waals surface area contributed by atoms with Crippen molar-refractivity contribution >= 4 is 18.0 Å². The molecular weight excluding hydrogens is 346 g/mol. The van der Waals surface area contributed by atoms with E-state index in [1.807, 2.05) is 31.2 Å². The minimum Gasteiger partial charge on any atom is -0.493 e. The quantitative estimate of drug-likeness (QED) is 0.445. The average Bonchev–Trinajstić information content (AvgIpc) is 2.68. The molecule has 0 saturated carbocycles. The zero-order valence-corrected chi connectivity index (χ0v) is 15.6. The largest absolute Gasteiger partial charge is 0.493 e. The molecule has 0 saturated heterocycles. The highest BCUT2D eigenvalue weighted by Gasteiger charge is 2.10. The Balaban J connectivity index is 1.98. The van der Waals surface area contributed by atoms with E-state index in [2.05, 4.69) is 15.8 Å². The van der Waals surface area contributed by atoms with Crippen LogP contribution in [0.15, 0.2) is 47.6 Å². The lowest BCUT2D eigenvalue weighted by Crippen LogP contribution is -2.37. The number of nitrogens with one attached hydrogen (secondary N) is 2. The molecule has 0 fully saturated rings. The van der Waals surface area contributed by atoms with Crippen molar-refractivity contribution in [3.63, 3.8) is 0 Å². The number of ether oxygens (including phenoxy) is 2. The first-order valence-corrected chi connectivity index (χ1v) is 8.51. The number of nitrogens with zero attached hydrogens (tertiary/aromatic N) is 1. The van der Waals surface area contributed by atoms with Crippen molar-refractivity contribution in [2.24, 2.45) is 5.10 Å². The lowest BCUT2D eigenvalue weighted by molar-refractivity contribution is -0.139. The number of benzene rings is 2. The number of hydrogen-bond acceptors (Lipinski definition) is 5. The maximum atomic E-state index is 11.5. The maximum Gasteiger partial charge on any atom is 0.329 e. The Labute approximate surface area is 158 Å². The highest BCUT2D eigenvalue weighted by molar-refractivity contribution is 6.35. The highest BCUT2D eigenvalue weighted by atomic mass is 16.5. The summed E-state index contributed by atoms with van der Waals surface area (Å²) >= 11 is 0. The molecular formula is C20H23N3O4. The van der Waals surface area contributed by atoms with Crippen LogP contribution in [-0.4, -0.2) is 31.7 Å². The molecule has 7 heteroatoms. The van der Waals surface area contributed by atoms with Crippen molar-refractivity contribution in [1.29, 1.82) is 0 Å². The number of methoxy groups -OCH3 is 1. The smallest absolute Gasteiger partial charge is 0.329 e. The number of rotatable bonds is 7. The van der Waals surface area contributed by atoms with Crippen LogP contribution in [0.4, 0.5) is 0 Å². The summed E-state index contributed by atoms with van der Waals surface area (Å²) in [6, 6.07) is 13.4. The van der Waals surface area contributed by atoms with Crippen LogP contribution in [0.1, 0.15) is 23.6 Å². The molecule has 27 heavy (non-hydrogen) atoms. The fraction of sp³-hybridized carbons (Fsp3) is 0.250. The SMILES string of the molecule is CCNC(=O)C(=O)N/N=C\c1ccc(OCc2ccc(C)cc2)c(OC)c1. The third-order valence-electron chi connectivity index (χ3n) is 3.63. The summed E-state index contributed by atoms with van der Waals surface area (Å²) in [5, 5.41) is 6.16. The molecule has 0 heterocycles. The molecule has 142 valence electrons. The molecule has 2 rings (SSSR count). The molecule has 0 aromatic heterocycles. The van der Waals surface area contributed by atoms with Gasteiger partial charge >= 0.3 is 11.8 Å². The molecule has 0 radical (unpaired) electrons. The molecule has 7 nitrogen and oxygen atoms in total. The average molecular weight is 369 g/mol. The van der Waals surface area contributed by atoms with E-state index in [-0.39, 0.29) is 0 Å². The van der Waals surface area contributed by atoms with E-state index < -0.39 is 11.8 Å². The maximum absolute atomic E-state index is 11.5. The number of amides is 2. The summed E-state index contributed by atoms with van der Waals surface area (Å²) in [7, 11) is 1.55. The summed E-state index contributed by atoms with van der Waals surface area (Å²) in [4.78, 5) is 22.8. The number of likely N-dealkylation sites (N-methyl/N-ethyl adjacent to an activating group) is 1. The Morgan fingerprint density at radius 1 is 1.07 bits per heavy atom. The predicted octanol–water partition coefficient (Wildman–Crippen LogP) is 2.17. The van der Waals surface area contributed by atoms with Crippen LogP contribution in [0.3, 0.4) is 0 Å². The lowest BCUT2D eigenvalue weighted by atomic mass is 10.2. The zero-order valence-electron chi connectivity index (χ0n) is 15.6. The van der Waals surface area contributed by atoms with Gasteiger partial charge in [-0.25, -0.2) is 5.43 Å². The van der Waals surface area contributed by atoms with Crippen LogP contribution in [0, 0.1) is 6.92 Å². The second-order valence-electron chi connectivity index (χ2n) is 5.74. The van der Waals surface area contributed by atoms with E-state index in [9.17, 15) is 9.59 Å².